The number of carbonyl (C=O) groups excluding carboxylic acids is 1. The number of hydrogen-bond donors (Lipinski definition) is 1. The Labute approximate surface area is 116 Å². The van der Waals surface area contributed by atoms with Gasteiger partial charge in [0.15, 0.2) is 0 Å². The van der Waals surface area contributed by atoms with Gasteiger partial charge in [0, 0.05) is 36.3 Å². The molecule has 0 aromatic heterocycles. The van der Waals surface area contributed by atoms with E-state index >= 15 is 0 Å². The van der Waals surface area contributed by atoms with Crippen molar-refractivity contribution in [1.29, 1.82) is 0 Å². The predicted molar refractivity (Wildman–Crippen MR) is 76.9 cm³/mol. The van der Waals surface area contributed by atoms with Crippen molar-refractivity contribution in [1.82, 2.24) is 10.2 Å². The zero-order valence-electron chi connectivity index (χ0n) is 10.5. The Morgan fingerprint density at radius 2 is 2.00 bits per heavy atom. The molecule has 1 aliphatic rings. The molecule has 98 valence electrons. The number of benzene rings is 1. The SMILES string of the molecule is CNCCN1CCN(c2ccc(Br)cc2)C(=O)C1. The first-order valence-electron chi connectivity index (χ1n) is 6.13. The number of piperazine rings is 1. The number of amides is 1. The summed E-state index contributed by atoms with van der Waals surface area (Å²) in [6.45, 7) is 4.06. The molecule has 1 amide bonds. The average Bonchev–Trinajstić information content (AvgIpc) is 2.38. The molecule has 4 nitrogen and oxygen atoms in total. The van der Waals surface area contributed by atoms with Gasteiger partial charge in [0.2, 0.25) is 5.91 Å². The minimum atomic E-state index is 0.180. The highest BCUT2D eigenvalue weighted by Gasteiger charge is 2.24. The Hall–Kier alpha value is -0.910. The van der Waals surface area contributed by atoms with Crippen LogP contribution in [0.25, 0.3) is 0 Å². The van der Waals surface area contributed by atoms with Crippen LogP contribution in [0.15, 0.2) is 28.7 Å². The lowest BCUT2D eigenvalue weighted by atomic mass is 10.2. The van der Waals surface area contributed by atoms with E-state index in [1.807, 2.05) is 36.2 Å². The quantitative estimate of drug-likeness (QED) is 0.911. The highest BCUT2D eigenvalue weighted by atomic mass is 79.9. The summed E-state index contributed by atoms with van der Waals surface area (Å²) in [6, 6.07) is 7.89. The molecule has 1 N–H and O–H groups in total. The van der Waals surface area contributed by atoms with Crippen LogP contribution in [-0.2, 0) is 4.79 Å². The van der Waals surface area contributed by atoms with E-state index in [0.29, 0.717) is 6.54 Å². The second-order valence-electron chi connectivity index (χ2n) is 4.40. The molecule has 1 aromatic rings. The molecule has 0 bridgehead atoms. The van der Waals surface area contributed by atoms with Gasteiger partial charge < -0.3 is 10.2 Å². The van der Waals surface area contributed by atoms with Crippen LogP contribution in [0.4, 0.5) is 5.69 Å². The summed E-state index contributed by atoms with van der Waals surface area (Å²) >= 11 is 3.40. The number of carbonyl (C=O) groups is 1. The monoisotopic (exact) mass is 311 g/mol. The van der Waals surface area contributed by atoms with E-state index in [1.54, 1.807) is 0 Å². The summed E-state index contributed by atoms with van der Waals surface area (Å²) in [4.78, 5) is 16.2. The van der Waals surface area contributed by atoms with Gasteiger partial charge in [-0.25, -0.2) is 0 Å². The Morgan fingerprint density at radius 1 is 1.28 bits per heavy atom. The number of hydrogen-bond acceptors (Lipinski definition) is 3. The summed E-state index contributed by atoms with van der Waals surface area (Å²) in [5.41, 5.74) is 0.983. The molecule has 1 aromatic carbocycles. The normalized spacial score (nSPS) is 17.2. The largest absolute Gasteiger partial charge is 0.318 e. The third-order valence-corrected chi connectivity index (χ3v) is 3.64. The first-order chi connectivity index (χ1) is 8.70. The molecule has 1 fully saturated rings. The van der Waals surface area contributed by atoms with Crippen LogP contribution in [-0.4, -0.2) is 50.6 Å². The van der Waals surface area contributed by atoms with Crippen molar-refractivity contribution in [2.75, 3.05) is 44.7 Å². The van der Waals surface area contributed by atoms with Gasteiger partial charge in [0.1, 0.15) is 0 Å². The number of likely N-dealkylation sites (N-methyl/N-ethyl adjacent to an activating group) is 1. The first kappa shape index (κ1) is 13.5. The minimum Gasteiger partial charge on any atom is -0.318 e. The zero-order valence-corrected chi connectivity index (χ0v) is 12.1. The van der Waals surface area contributed by atoms with Crippen LogP contribution in [0.1, 0.15) is 0 Å². The van der Waals surface area contributed by atoms with Crippen molar-refractivity contribution >= 4 is 27.5 Å². The molecule has 18 heavy (non-hydrogen) atoms. The van der Waals surface area contributed by atoms with E-state index in [1.165, 1.54) is 0 Å². The lowest BCUT2D eigenvalue weighted by molar-refractivity contribution is -0.121. The number of halogens is 1. The third-order valence-electron chi connectivity index (χ3n) is 3.12. The summed E-state index contributed by atoms with van der Waals surface area (Å²) < 4.78 is 1.03. The summed E-state index contributed by atoms with van der Waals surface area (Å²) in [5, 5.41) is 3.11. The zero-order chi connectivity index (χ0) is 13.0. The maximum Gasteiger partial charge on any atom is 0.241 e. The summed E-state index contributed by atoms with van der Waals surface area (Å²) in [6.07, 6.45) is 0. The van der Waals surface area contributed by atoms with Crippen molar-refractivity contribution in [3.05, 3.63) is 28.7 Å². The molecule has 5 heteroatoms. The van der Waals surface area contributed by atoms with E-state index in [2.05, 4.69) is 26.1 Å². The van der Waals surface area contributed by atoms with Crippen LogP contribution in [0.2, 0.25) is 0 Å². The summed E-state index contributed by atoms with van der Waals surface area (Å²) in [5.74, 6) is 0.180. The molecule has 1 aliphatic heterocycles. The fourth-order valence-corrected chi connectivity index (χ4v) is 2.34. The van der Waals surface area contributed by atoms with Crippen LogP contribution < -0.4 is 10.2 Å². The van der Waals surface area contributed by atoms with Crippen molar-refractivity contribution < 1.29 is 4.79 Å². The Bertz CT molecular complexity index is 407. The van der Waals surface area contributed by atoms with Crippen LogP contribution in [0, 0.1) is 0 Å². The topological polar surface area (TPSA) is 35.6 Å². The fraction of sp³-hybridized carbons (Fsp3) is 0.462. The van der Waals surface area contributed by atoms with Gasteiger partial charge in [-0.1, -0.05) is 15.9 Å². The van der Waals surface area contributed by atoms with Gasteiger partial charge in [0.25, 0.3) is 0 Å². The van der Waals surface area contributed by atoms with E-state index in [9.17, 15) is 4.79 Å². The maximum absolute atomic E-state index is 12.1. The van der Waals surface area contributed by atoms with E-state index in [4.69, 9.17) is 0 Å². The second kappa shape index (κ2) is 6.31. The van der Waals surface area contributed by atoms with Gasteiger partial charge in [-0.2, -0.15) is 0 Å². The molecular formula is C13H18BrN3O. The maximum atomic E-state index is 12.1. The standard InChI is InChI=1S/C13H18BrN3O/c1-15-6-7-16-8-9-17(13(18)10-16)12-4-2-11(14)3-5-12/h2-5,15H,6-10H2,1H3. The molecule has 2 rings (SSSR count). The highest BCUT2D eigenvalue weighted by Crippen LogP contribution is 2.20. The van der Waals surface area contributed by atoms with Gasteiger partial charge in [0.05, 0.1) is 6.54 Å². The molecule has 1 heterocycles. The summed E-state index contributed by atoms with van der Waals surface area (Å²) in [7, 11) is 1.93. The second-order valence-corrected chi connectivity index (χ2v) is 5.32. The molecular weight excluding hydrogens is 294 g/mol. The highest BCUT2D eigenvalue weighted by molar-refractivity contribution is 9.10. The Balaban J connectivity index is 1.97. The van der Waals surface area contributed by atoms with E-state index in [-0.39, 0.29) is 5.91 Å². The number of nitrogens with one attached hydrogen (secondary N) is 1. The number of rotatable bonds is 4. The number of anilines is 1. The van der Waals surface area contributed by atoms with Crippen LogP contribution in [0.3, 0.4) is 0 Å². The van der Waals surface area contributed by atoms with Gasteiger partial charge >= 0.3 is 0 Å². The Morgan fingerprint density at radius 3 is 2.61 bits per heavy atom. The van der Waals surface area contributed by atoms with Crippen molar-refractivity contribution in [3.8, 4) is 0 Å². The molecule has 0 spiro atoms. The van der Waals surface area contributed by atoms with Gasteiger partial charge in [-0.05, 0) is 31.3 Å². The van der Waals surface area contributed by atoms with E-state index < -0.39 is 0 Å². The van der Waals surface area contributed by atoms with Crippen LogP contribution in [0.5, 0.6) is 0 Å². The lowest BCUT2D eigenvalue weighted by Gasteiger charge is -2.34. The average molecular weight is 312 g/mol. The molecule has 0 saturated carbocycles. The lowest BCUT2D eigenvalue weighted by Crippen LogP contribution is -2.51. The van der Waals surface area contributed by atoms with E-state index in [0.717, 1.165) is 36.3 Å². The molecule has 1 saturated heterocycles. The Kier molecular flexibility index (Phi) is 4.74. The van der Waals surface area contributed by atoms with Crippen molar-refractivity contribution in [3.63, 3.8) is 0 Å². The smallest absolute Gasteiger partial charge is 0.241 e. The third kappa shape index (κ3) is 3.31. The molecule has 0 atom stereocenters. The predicted octanol–water partition coefficient (Wildman–Crippen LogP) is 1.32. The fourth-order valence-electron chi connectivity index (χ4n) is 2.08. The van der Waals surface area contributed by atoms with Crippen molar-refractivity contribution in [2.45, 2.75) is 0 Å². The number of nitrogens with zero attached hydrogens (tertiary/aromatic N) is 2. The van der Waals surface area contributed by atoms with Crippen molar-refractivity contribution in [2.24, 2.45) is 0 Å². The van der Waals surface area contributed by atoms with Gasteiger partial charge in [-0.3, -0.25) is 9.69 Å². The van der Waals surface area contributed by atoms with Gasteiger partial charge in [-0.15, -0.1) is 0 Å². The minimum absolute atomic E-state index is 0.180. The van der Waals surface area contributed by atoms with Crippen LogP contribution >= 0.6 is 15.9 Å². The molecule has 0 aliphatic carbocycles. The molecule has 0 unspecified atom stereocenters. The molecule has 0 radical (unpaired) electrons. The first-order valence-corrected chi connectivity index (χ1v) is 6.93.